The van der Waals surface area contributed by atoms with E-state index in [2.05, 4.69) is 20.4 Å². The van der Waals surface area contributed by atoms with Crippen molar-refractivity contribution in [1.82, 2.24) is 25.0 Å². The number of nitrogens with zero attached hydrogens (tertiary/aromatic N) is 3. The third kappa shape index (κ3) is 3.43. The van der Waals surface area contributed by atoms with Crippen LogP contribution in [0.1, 0.15) is 49.3 Å². The molecule has 0 aliphatic heterocycles. The lowest BCUT2D eigenvalue weighted by molar-refractivity contribution is 0.0904. The van der Waals surface area contributed by atoms with Gasteiger partial charge in [0.2, 0.25) is 11.7 Å². The molecule has 1 atom stereocenters. The molecule has 10 nitrogen and oxygen atoms in total. The molecule has 1 amide bonds. The van der Waals surface area contributed by atoms with Gasteiger partial charge in [-0.25, -0.2) is 0 Å². The molecule has 30 heavy (non-hydrogen) atoms. The quantitative estimate of drug-likeness (QED) is 0.483. The highest BCUT2D eigenvalue weighted by Gasteiger charge is 2.20. The normalized spacial score (nSPS) is 12.4. The molecule has 154 valence electrons. The molecule has 0 spiro atoms. The zero-order chi connectivity index (χ0) is 21.4. The summed E-state index contributed by atoms with van der Waals surface area (Å²) in [7, 11) is 0. The van der Waals surface area contributed by atoms with Crippen molar-refractivity contribution < 1.29 is 13.7 Å². The first-order valence-electron chi connectivity index (χ1n) is 9.32. The summed E-state index contributed by atoms with van der Waals surface area (Å²) in [6, 6.07) is 7.58. The molecule has 0 radical (unpaired) electrons. The third-order valence-electron chi connectivity index (χ3n) is 4.60. The van der Waals surface area contributed by atoms with Crippen molar-refractivity contribution >= 4 is 16.9 Å². The number of benzene rings is 1. The summed E-state index contributed by atoms with van der Waals surface area (Å²) in [5.74, 6) is 0.276. The number of hydrogen-bond donors (Lipinski definition) is 2. The Morgan fingerprint density at radius 1 is 1.20 bits per heavy atom. The van der Waals surface area contributed by atoms with Crippen molar-refractivity contribution in [3.63, 3.8) is 0 Å². The van der Waals surface area contributed by atoms with E-state index in [0.29, 0.717) is 16.6 Å². The number of hydrogen-bond acceptors (Lipinski definition) is 7. The number of H-pyrrole nitrogens is 1. The molecule has 0 aliphatic carbocycles. The zero-order valence-corrected chi connectivity index (χ0v) is 16.5. The lowest BCUT2D eigenvalue weighted by Gasteiger charge is -2.13. The molecule has 0 saturated carbocycles. The lowest BCUT2D eigenvalue weighted by Crippen LogP contribution is -2.37. The van der Waals surface area contributed by atoms with E-state index in [-0.39, 0.29) is 23.5 Å². The Kier molecular flexibility index (Phi) is 4.82. The van der Waals surface area contributed by atoms with Gasteiger partial charge in [-0.3, -0.25) is 19.0 Å². The van der Waals surface area contributed by atoms with Gasteiger partial charge in [0.15, 0.2) is 5.76 Å². The number of aromatic nitrogens is 4. The minimum Gasteiger partial charge on any atom is -0.459 e. The molecule has 0 bridgehead atoms. The lowest BCUT2D eigenvalue weighted by atomic mass is 10.1. The molecule has 10 heteroatoms. The Labute approximate surface area is 169 Å². The summed E-state index contributed by atoms with van der Waals surface area (Å²) in [4.78, 5) is 43.2. The SMILES string of the molecule is CC(C)n1c(=O)c(=O)[nH]c2cc(-c3noc([C@@H](C)NC(=O)c4ccco4)n3)ccc21. The smallest absolute Gasteiger partial charge is 0.316 e. The fraction of sp³-hybridized carbons (Fsp3) is 0.250. The number of amides is 1. The largest absolute Gasteiger partial charge is 0.459 e. The molecule has 3 aromatic heterocycles. The van der Waals surface area contributed by atoms with E-state index in [4.69, 9.17) is 8.94 Å². The number of aromatic amines is 1. The second-order valence-corrected chi connectivity index (χ2v) is 7.08. The van der Waals surface area contributed by atoms with Crippen LogP contribution in [0.4, 0.5) is 0 Å². The first-order valence-corrected chi connectivity index (χ1v) is 9.32. The molecule has 4 rings (SSSR count). The van der Waals surface area contributed by atoms with Crippen LogP contribution in [0.25, 0.3) is 22.4 Å². The van der Waals surface area contributed by atoms with E-state index in [1.807, 2.05) is 13.8 Å². The molecule has 4 aromatic rings. The van der Waals surface area contributed by atoms with E-state index in [0.717, 1.165) is 0 Å². The molecular formula is C20H19N5O5. The summed E-state index contributed by atoms with van der Waals surface area (Å²) >= 11 is 0. The van der Waals surface area contributed by atoms with Crippen LogP contribution in [0.15, 0.2) is 55.1 Å². The maximum Gasteiger partial charge on any atom is 0.316 e. The van der Waals surface area contributed by atoms with Gasteiger partial charge in [0.25, 0.3) is 5.91 Å². The van der Waals surface area contributed by atoms with Gasteiger partial charge in [-0.05, 0) is 51.1 Å². The zero-order valence-electron chi connectivity index (χ0n) is 16.5. The standard InChI is InChI=1S/C20H19N5O5/c1-10(2)25-14-7-6-12(9-13(14)22-18(27)20(25)28)16-23-19(30-24-16)11(3)21-17(26)15-5-4-8-29-15/h4-11H,1-3H3,(H,21,26)(H,22,27)/t11-/m1/s1. The van der Waals surface area contributed by atoms with Gasteiger partial charge in [0.1, 0.15) is 6.04 Å². The van der Waals surface area contributed by atoms with Crippen molar-refractivity contribution in [2.24, 2.45) is 0 Å². The first-order chi connectivity index (χ1) is 14.3. The Hall–Kier alpha value is -3.95. The summed E-state index contributed by atoms with van der Waals surface area (Å²) in [6.07, 6.45) is 1.41. The first kappa shape index (κ1) is 19.4. The molecule has 0 unspecified atom stereocenters. The van der Waals surface area contributed by atoms with Gasteiger partial charge in [0.05, 0.1) is 17.3 Å². The van der Waals surface area contributed by atoms with E-state index in [9.17, 15) is 14.4 Å². The molecule has 0 aliphatic rings. The number of carbonyl (C=O) groups excluding carboxylic acids is 1. The highest BCUT2D eigenvalue weighted by atomic mass is 16.5. The Morgan fingerprint density at radius 2 is 2.00 bits per heavy atom. The van der Waals surface area contributed by atoms with Gasteiger partial charge < -0.3 is 19.2 Å². The molecule has 0 saturated heterocycles. The Bertz CT molecular complexity index is 1330. The van der Waals surface area contributed by atoms with Crippen LogP contribution in [0.3, 0.4) is 0 Å². The van der Waals surface area contributed by atoms with Gasteiger partial charge in [-0.15, -0.1) is 0 Å². The molecule has 2 N–H and O–H groups in total. The number of rotatable bonds is 5. The van der Waals surface area contributed by atoms with Gasteiger partial charge in [-0.1, -0.05) is 5.16 Å². The monoisotopic (exact) mass is 409 g/mol. The van der Waals surface area contributed by atoms with E-state index >= 15 is 0 Å². The summed E-state index contributed by atoms with van der Waals surface area (Å²) in [5.41, 5.74) is 0.369. The van der Waals surface area contributed by atoms with Crippen LogP contribution in [0, 0.1) is 0 Å². The van der Waals surface area contributed by atoms with Crippen LogP contribution in [0.5, 0.6) is 0 Å². The fourth-order valence-corrected chi connectivity index (χ4v) is 3.16. The number of fused-ring (bicyclic) bond motifs is 1. The third-order valence-corrected chi connectivity index (χ3v) is 4.60. The number of carbonyl (C=O) groups is 1. The van der Waals surface area contributed by atoms with Crippen LogP contribution >= 0.6 is 0 Å². The molecule has 0 fully saturated rings. The highest BCUT2D eigenvalue weighted by molar-refractivity contribution is 5.91. The summed E-state index contributed by atoms with van der Waals surface area (Å²) < 4.78 is 11.8. The summed E-state index contributed by atoms with van der Waals surface area (Å²) in [6.45, 7) is 5.37. The Morgan fingerprint density at radius 3 is 2.70 bits per heavy atom. The minimum atomic E-state index is -0.698. The van der Waals surface area contributed by atoms with E-state index < -0.39 is 23.1 Å². The molecule has 3 heterocycles. The predicted molar refractivity (Wildman–Crippen MR) is 107 cm³/mol. The van der Waals surface area contributed by atoms with Crippen molar-refractivity contribution in [2.45, 2.75) is 32.9 Å². The highest BCUT2D eigenvalue weighted by Crippen LogP contribution is 2.23. The van der Waals surface area contributed by atoms with Crippen LogP contribution < -0.4 is 16.4 Å². The second kappa shape index (κ2) is 7.47. The van der Waals surface area contributed by atoms with Crippen LogP contribution in [-0.2, 0) is 0 Å². The van der Waals surface area contributed by atoms with Crippen molar-refractivity contribution in [1.29, 1.82) is 0 Å². The van der Waals surface area contributed by atoms with E-state index in [1.165, 1.54) is 10.8 Å². The minimum absolute atomic E-state index is 0.177. The van der Waals surface area contributed by atoms with Crippen molar-refractivity contribution in [2.75, 3.05) is 0 Å². The molecular weight excluding hydrogens is 390 g/mol. The average molecular weight is 409 g/mol. The molecule has 1 aromatic carbocycles. The van der Waals surface area contributed by atoms with Crippen molar-refractivity contribution in [3.05, 3.63) is 69.0 Å². The second-order valence-electron chi connectivity index (χ2n) is 7.08. The number of nitrogens with one attached hydrogen (secondary N) is 2. The maximum absolute atomic E-state index is 12.2. The van der Waals surface area contributed by atoms with Gasteiger partial charge >= 0.3 is 11.1 Å². The van der Waals surface area contributed by atoms with Crippen molar-refractivity contribution in [3.8, 4) is 11.4 Å². The number of furan rings is 1. The van der Waals surface area contributed by atoms with Crippen LogP contribution in [-0.4, -0.2) is 25.6 Å². The van der Waals surface area contributed by atoms with Gasteiger partial charge in [0, 0.05) is 11.6 Å². The fourth-order valence-electron chi connectivity index (χ4n) is 3.16. The van der Waals surface area contributed by atoms with E-state index in [1.54, 1.807) is 37.3 Å². The Balaban J connectivity index is 1.64. The predicted octanol–water partition coefficient (Wildman–Crippen LogP) is 2.40. The maximum atomic E-state index is 12.2. The average Bonchev–Trinajstić information content (AvgIpc) is 3.40. The van der Waals surface area contributed by atoms with Crippen LogP contribution in [0.2, 0.25) is 0 Å². The topological polar surface area (TPSA) is 136 Å². The van der Waals surface area contributed by atoms with Gasteiger partial charge in [-0.2, -0.15) is 4.98 Å². The summed E-state index contributed by atoms with van der Waals surface area (Å²) in [5, 5.41) is 6.67.